The third-order valence-electron chi connectivity index (χ3n) is 14.7. The van der Waals surface area contributed by atoms with E-state index < -0.39 is 28.8 Å². The minimum Gasteiger partial charge on any atom is -0.459 e. The van der Waals surface area contributed by atoms with Crippen LogP contribution in [0.25, 0.3) is 0 Å². The Morgan fingerprint density at radius 2 is 1.58 bits per heavy atom. The summed E-state index contributed by atoms with van der Waals surface area (Å²) in [6, 6.07) is 16.5. The van der Waals surface area contributed by atoms with E-state index in [4.69, 9.17) is 33.7 Å². The van der Waals surface area contributed by atoms with Crippen molar-refractivity contribution in [1.82, 2.24) is 10.2 Å². The molecule has 7 rings (SSSR count). The number of nitrogens with one attached hydrogen (secondary N) is 1. The molecule has 3 N–H and O–H groups in total. The van der Waals surface area contributed by atoms with Crippen LogP contribution in [0.3, 0.4) is 0 Å². The van der Waals surface area contributed by atoms with E-state index in [0.29, 0.717) is 66.5 Å². The highest BCUT2D eigenvalue weighted by Gasteiger charge is 2.65. The highest BCUT2D eigenvalue weighted by Crippen LogP contribution is 2.62. The zero-order valence-electron chi connectivity index (χ0n) is 42.8. The number of rotatable bonds is 30. The number of non-ortho nitro benzene ring substituents is 1. The number of nitrogens with zero attached hydrogens (tertiary/aromatic N) is 3. The van der Waals surface area contributed by atoms with Crippen LogP contribution in [0.1, 0.15) is 146 Å². The number of benzene rings is 3. The van der Waals surface area contributed by atoms with Crippen molar-refractivity contribution in [1.29, 1.82) is 0 Å². The molecule has 0 radical (unpaired) electrons. The van der Waals surface area contributed by atoms with Gasteiger partial charge in [-0.15, -0.1) is 6.58 Å². The molecule has 3 aromatic carbocycles. The van der Waals surface area contributed by atoms with Crippen LogP contribution in [0.15, 0.2) is 90.1 Å². The average Bonchev–Trinajstić information content (AvgIpc) is 3.86. The Hall–Kier alpha value is -5.97. The first kappa shape index (κ1) is 54.8. The van der Waals surface area contributed by atoms with Gasteiger partial charge < -0.3 is 49.0 Å². The van der Waals surface area contributed by atoms with E-state index >= 15 is 4.79 Å². The summed E-state index contributed by atoms with van der Waals surface area (Å²) >= 11 is 0. The molecule has 2 aliphatic heterocycles. The van der Waals surface area contributed by atoms with Gasteiger partial charge in [-0.3, -0.25) is 14.9 Å². The SMILES string of the molecule is C=CCO[C@@]12Oc3ccc(OC(=O)NCC)cc3[C@H]3[C@H](CCCCO)[C@@H](CCCCO)C=C(C(=NOCc4ccc([N+](=O)[O-])cc4)C[C@@H]1N(Cc1ccc4c(c1)OCO4)C(=O)CCCCCCCCCCC)[C@H]32. The molecule has 0 saturated heterocycles. The minimum absolute atomic E-state index is 0.0215. The summed E-state index contributed by atoms with van der Waals surface area (Å²) in [6.45, 7) is 8.98. The average molecular weight is 1010 g/mol. The van der Waals surface area contributed by atoms with E-state index in [2.05, 4.69) is 24.9 Å². The molecule has 16 heteroatoms. The van der Waals surface area contributed by atoms with Gasteiger partial charge in [0.05, 0.1) is 23.2 Å². The Morgan fingerprint density at radius 1 is 0.877 bits per heavy atom. The molecule has 73 heavy (non-hydrogen) atoms. The molecule has 0 bridgehead atoms. The maximum atomic E-state index is 15.4. The summed E-state index contributed by atoms with van der Waals surface area (Å²) in [7, 11) is 0. The topological polar surface area (TPSA) is 201 Å². The molecule has 2 amide bonds. The fourth-order valence-corrected chi connectivity index (χ4v) is 11.2. The number of nitro groups is 1. The summed E-state index contributed by atoms with van der Waals surface area (Å²) in [6.07, 6.45) is 17.9. The second-order valence-electron chi connectivity index (χ2n) is 19.7. The van der Waals surface area contributed by atoms with Crippen molar-refractivity contribution in [2.24, 2.45) is 22.9 Å². The second-order valence-corrected chi connectivity index (χ2v) is 19.7. The third-order valence-corrected chi connectivity index (χ3v) is 14.7. The number of aliphatic hydroxyl groups is 2. The fourth-order valence-electron chi connectivity index (χ4n) is 11.2. The quantitative estimate of drug-likeness (QED) is 0.0247. The van der Waals surface area contributed by atoms with E-state index in [-0.39, 0.29) is 75.5 Å². The van der Waals surface area contributed by atoms with Gasteiger partial charge >= 0.3 is 6.09 Å². The van der Waals surface area contributed by atoms with Gasteiger partial charge in [-0.2, -0.15) is 0 Å². The minimum atomic E-state index is -1.52. The van der Waals surface area contributed by atoms with Crippen LogP contribution in [0.5, 0.6) is 23.0 Å². The summed E-state index contributed by atoms with van der Waals surface area (Å²) in [5.41, 5.74) is 3.73. The van der Waals surface area contributed by atoms with E-state index in [1.54, 1.807) is 24.3 Å². The van der Waals surface area contributed by atoms with Crippen molar-refractivity contribution in [2.45, 2.75) is 154 Å². The van der Waals surface area contributed by atoms with Crippen molar-refractivity contribution in [3.8, 4) is 23.0 Å². The first-order chi connectivity index (χ1) is 35.6. The molecule has 2 aliphatic carbocycles. The number of nitro benzene ring substituents is 1. The highest BCUT2D eigenvalue weighted by atomic mass is 16.7. The van der Waals surface area contributed by atoms with E-state index in [0.717, 1.165) is 61.6 Å². The molecule has 1 fully saturated rings. The Balaban J connectivity index is 1.38. The molecule has 0 aromatic heterocycles. The van der Waals surface area contributed by atoms with Gasteiger partial charge in [0, 0.05) is 62.8 Å². The van der Waals surface area contributed by atoms with Crippen LogP contribution in [0.2, 0.25) is 0 Å². The number of hydrogen-bond acceptors (Lipinski definition) is 13. The van der Waals surface area contributed by atoms with Gasteiger partial charge in [0.1, 0.15) is 24.1 Å². The van der Waals surface area contributed by atoms with Crippen molar-refractivity contribution < 1.29 is 53.2 Å². The summed E-state index contributed by atoms with van der Waals surface area (Å²) in [5, 5.41) is 39.3. The van der Waals surface area contributed by atoms with E-state index in [1.807, 2.05) is 42.2 Å². The van der Waals surface area contributed by atoms with Crippen LogP contribution in [-0.4, -0.2) is 82.7 Å². The lowest BCUT2D eigenvalue weighted by Gasteiger charge is -2.60. The number of fused-ring (bicyclic) bond motifs is 3. The zero-order chi connectivity index (χ0) is 51.6. The number of carbonyl (C=O) groups excluding carboxylic acids is 2. The van der Waals surface area contributed by atoms with Gasteiger partial charge in [0.25, 0.3) is 5.69 Å². The fraction of sp³-hybridized carbons (Fsp3) is 0.561. The molecule has 16 nitrogen and oxygen atoms in total. The second kappa shape index (κ2) is 27.4. The molecule has 2 heterocycles. The standard InChI is InChI=1S/C57H76N4O12/c1-4-7-8-9-10-11-12-13-14-21-53(64)60(37-41-24-28-50-51(33-41)69-39-68-50)52-36-48(59-71-38-40-22-25-43(26-23-40)61(66)67)46-34-42(19-15-17-30-62)45(20-16-18-31-63)54-47-35-44(72-56(65)58-6-3)27-29-49(47)73-57(52,55(46)54)70-32-5-2/h5,22-29,33-35,42,45,52,54-55,62-63H,2,4,6-21,30-32,36-39H2,1,3H3,(H,58,65)/t42-,45+,52-,54+,55+,57+/m0/s1. The van der Waals surface area contributed by atoms with Gasteiger partial charge in [-0.05, 0) is 110 Å². The normalized spacial score (nSPS) is 21.8. The number of allylic oxidation sites excluding steroid dienone is 1. The zero-order valence-corrected chi connectivity index (χ0v) is 42.8. The number of amides is 2. The van der Waals surface area contributed by atoms with Crippen molar-refractivity contribution in [3.63, 3.8) is 0 Å². The van der Waals surface area contributed by atoms with Crippen molar-refractivity contribution in [2.75, 3.05) is 33.2 Å². The maximum absolute atomic E-state index is 15.4. The molecule has 3 aromatic rings. The number of aliphatic hydroxyl groups excluding tert-OH is 2. The lowest BCUT2D eigenvalue weighted by atomic mass is 9.55. The Labute approximate surface area is 430 Å². The largest absolute Gasteiger partial charge is 0.459 e. The first-order valence-electron chi connectivity index (χ1n) is 26.7. The monoisotopic (exact) mass is 1010 g/mol. The molecule has 6 atom stereocenters. The number of unbranched alkanes of at least 4 members (excludes halogenated alkanes) is 10. The Kier molecular flexibility index (Phi) is 20.5. The van der Waals surface area contributed by atoms with Gasteiger partial charge in [-0.25, -0.2) is 4.79 Å². The molecule has 1 saturated carbocycles. The summed E-state index contributed by atoms with van der Waals surface area (Å²) < 4.78 is 32.1. The predicted octanol–water partition coefficient (Wildman–Crippen LogP) is 11.2. The maximum Gasteiger partial charge on any atom is 0.412 e. The predicted molar refractivity (Wildman–Crippen MR) is 278 cm³/mol. The molecule has 396 valence electrons. The molecular weight excluding hydrogens is 933 g/mol. The molecule has 4 aliphatic rings. The van der Waals surface area contributed by atoms with Crippen LogP contribution >= 0.6 is 0 Å². The Bertz CT molecular complexity index is 2370. The van der Waals surface area contributed by atoms with Crippen LogP contribution in [0.4, 0.5) is 10.5 Å². The van der Waals surface area contributed by atoms with Gasteiger partial charge in [-0.1, -0.05) is 94.5 Å². The van der Waals surface area contributed by atoms with Gasteiger partial charge in [0.15, 0.2) is 11.5 Å². The highest BCUT2D eigenvalue weighted by molar-refractivity contribution is 6.03. The lowest BCUT2D eigenvalue weighted by Crippen LogP contribution is -2.70. The van der Waals surface area contributed by atoms with Crippen molar-refractivity contribution >= 4 is 23.4 Å². The summed E-state index contributed by atoms with van der Waals surface area (Å²) in [5.74, 6) is -0.556. The van der Waals surface area contributed by atoms with Gasteiger partial charge in [0.2, 0.25) is 18.5 Å². The van der Waals surface area contributed by atoms with Crippen LogP contribution < -0.4 is 24.3 Å². The van der Waals surface area contributed by atoms with Crippen LogP contribution in [0, 0.1) is 27.9 Å². The molecule has 0 unspecified atom stereocenters. The number of oxime groups is 1. The van der Waals surface area contributed by atoms with Crippen LogP contribution in [-0.2, 0) is 27.5 Å². The van der Waals surface area contributed by atoms with E-state index in [1.165, 1.54) is 44.2 Å². The number of hydrogen-bond donors (Lipinski definition) is 3. The number of carbonyl (C=O) groups is 2. The molecular formula is C57H76N4O12. The van der Waals surface area contributed by atoms with E-state index in [9.17, 15) is 25.1 Å². The Morgan fingerprint density at radius 3 is 2.29 bits per heavy atom. The third kappa shape index (κ3) is 13.8. The lowest BCUT2D eigenvalue weighted by molar-refractivity contribution is -0.384. The summed E-state index contributed by atoms with van der Waals surface area (Å²) in [4.78, 5) is 47.5. The first-order valence-corrected chi connectivity index (χ1v) is 26.7. The van der Waals surface area contributed by atoms with Crippen molar-refractivity contribution in [3.05, 3.63) is 112 Å². The smallest absolute Gasteiger partial charge is 0.412 e. The number of ether oxygens (including phenoxy) is 5. The molecule has 0 spiro atoms.